The molecule has 0 saturated carbocycles. The van der Waals surface area contributed by atoms with E-state index in [1.165, 1.54) is 4.88 Å². The van der Waals surface area contributed by atoms with Gasteiger partial charge in [-0.05, 0) is 25.3 Å². The molecule has 0 radical (unpaired) electrons. The van der Waals surface area contributed by atoms with Crippen LogP contribution in [-0.2, 0) is 4.65 Å². The predicted octanol–water partition coefficient (Wildman–Crippen LogP) is 2.20. The molecule has 1 N–H and O–H groups in total. The Morgan fingerprint density at radius 2 is 2.00 bits per heavy atom. The van der Waals surface area contributed by atoms with E-state index in [9.17, 15) is 5.02 Å². The van der Waals surface area contributed by atoms with Gasteiger partial charge in [-0.15, -0.1) is 11.3 Å². The topological polar surface area (TPSA) is 29.5 Å². The Hall–Kier alpha value is -0.315. The molecule has 1 aromatic rings. The van der Waals surface area contributed by atoms with Crippen LogP contribution in [0.2, 0.25) is 0 Å². The molecule has 2 nitrogen and oxygen atoms in total. The van der Waals surface area contributed by atoms with E-state index in [0.29, 0.717) is 0 Å². The van der Waals surface area contributed by atoms with Crippen LogP contribution >= 0.6 is 11.3 Å². The van der Waals surface area contributed by atoms with Gasteiger partial charge in [0.15, 0.2) is 0 Å². The fourth-order valence-corrected chi connectivity index (χ4v) is 1.85. The maximum absolute atomic E-state index is 9.86. The van der Waals surface area contributed by atoms with Crippen molar-refractivity contribution < 1.29 is 9.68 Å². The lowest BCUT2D eigenvalue weighted by Crippen LogP contribution is -2.39. The molecule has 1 aromatic heterocycles. The van der Waals surface area contributed by atoms with Crippen LogP contribution in [-0.4, -0.2) is 18.2 Å². The second-order valence-corrected chi connectivity index (χ2v) is 6.26. The third-order valence-corrected chi connectivity index (χ3v) is 3.59. The van der Waals surface area contributed by atoms with Crippen molar-refractivity contribution in [1.29, 1.82) is 0 Å². The van der Waals surface area contributed by atoms with Crippen molar-refractivity contribution in [2.75, 3.05) is 0 Å². The van der Waals surface area contributed by atoms with E-state index in [0.717, 1.165) is 4.78 Å². The van der Waals surface area contributed by atoms with Crippen LogP contribution < -0.4 is 4.78 Å². The van der Waals surface area contributed by atoms with Crippen LogP contribution in [0.15, 0.2) is 12.1 Å². The average molecular weight is 226 g/mol. The molecule has 0 bridgehead atoms. The fourth-order valence-electron chi connectivity index (χ4n) is 1.05. The van der Waals surface area contributed by atoms with E-state index < -0.39 is 7.12 Å². The molecule has 0 amide bonds. The summed E-state index contributed by atoms with van der Waals surface area (Å²) in [7, 11) is -0.794. The summed E-state index contributed by atoms with van der Waals surface area (Å²) in [5, 5.41) is 9.86. The van der Waals surface area contributed by atoms with Crippen LogP contribution in [0.4, 0.5) is 0 Å². The lowest BCUT2D eigenvalue weighted by Gasteiger charge is -2.28. The van der Waals surface area contributed by atoms with Gasteiger partial charge in [0, 0.05) is 15.8 Å². The Morgan fingerprint density at radius 3 is 2.40 bits per heavy atom. The highest BCUT2D eigenvalue weighted by Gasteiger charge is 2.27. The molecule has 1 heterocycles. The average Bonchev–Trinajstić information content (AvgIpc) is 2.50. The summed E-state index contributed by atoms with van der Waals surface area (Å²) in [5.41, 5.74) is 0.0489. The monoisotopic (exact) mass is 226 g/mol. The predicted molar refractivity (Wildman–Crippen MR) is 66.7 cm³/mol. The van der Waals surface area contributed by atoms with Crippen LogP contribution in [0.3, 0.4) is 0 Å². The van der Waals surface area contributed by atoms with E-state index in [-0.39, 0.29) is 11.5 Å². The zero-order valence-corrected chi connectivity index (χ0v) is 10.9. The molecule has 1 rings (SSSR count). The first-order valence-corrected chi connectivity index (χ1v) is 6.02. The first kappa shape index (κ1) is 12.8. The Morgan fingerprint density at radius 1 is 1.40 bits per heavy atom. The van der Waals surface area contributed by atoms with Gasteiger partial charge in [-0.3, -0.25) is 0 Å². The van der Waals surface area contributed by atoms with Crippen LogP contribution in [0.25, 0.3) is 0 Å². The Kier molecular flexibility index (Phi) is 3.98. The lowest BCUT2D eigenvalue weighted by atomic mass is 9.84. The van der Waals surface area contributed by atoms with Crippen LogP contribution in [0.1, 0.15) is 32.6 Å². The highest BCUT2D eigenvalue weighted by atomic mass is 32.1. The Labute approximate surface area is 96.4 Å². The summed E-state index contributed by atoms with van der Waals surface area (Å²) in [5.74, 6) is 0. The molecule has 1 unspecified atom stereocenters. The highest BCUT2D eigenvalue weighted by Crippen LogP contribution is 2.22. The van der Waals surface area contributed by atoms with Gasteiger partial charge >= 0.3 is 7.12 Å². The summed E-state index contributed by atoms with van der Waals surface area (Å²) < 4.78 is 6.46. The van der Waals surface area contributed by atoms with Crippen molar-refractivity contribution in [2.45, 2.75) is 40.7 Å². The standard InChI is InChI=1S/C11H19BO2S/c1-8-6-7-10(15-8)12(13)14-9(2)11(3,4)5/h6-7,9,13H,1-5H3. The molecule has 0 aliphatic carbocycles. The highest BCUT2D eigenvalue weighted by molar-refractivity contribution is 7.22. The first-order chi connectivity index (χ1) is 6.80. The SMILES string of the molecule is Cc1ccc(B(O)OC(C)C(C)(C)C)s1. The fraction of sp³-hybridized carbons (Fsp3) is 0.636. The maximum Gasteiger partial charge on any atom is 0.501 e. The van der Waals surface area contributed by atoms with Gasteiger partial charge in [-0.2, -0.15) is 0 Å². The molecule has 84 valence electrons. The smallest absolute Gasteiger partial charge is 0.423 e. The van der Waals surface area contributed by atoms with Gasteiger partial charge in [0.1, 0.15) is 0 Å². The molecule has 0 aliphatic rings. The Bertz CT molecular complexity index is 317. The van der Waals surface area contributed by atoms with E-state index in [2.05, 4.69) is 20.8 Å². The molecular formula is C11H19BO2S. The zero-order chi connectivity index (χ0) is 11.6. The summed E-state index contributed by atoms with van der Waals surface area (Å²) in [6.45, 7) is 10.3. The summed E-state index contributed by atoms with van der Waals surface area (Å²) in [6, 6.07) is 3.91. The van der Waals surface area contributed by atoms with Gasteiger partial charge < -0.3 is 9.68 Å². The van der Waals surface area contributed by atoms with Crippen molar-refractivity contribution in [3.05, 3.63) is 17.0 Å². The second-order valence-electron chi connectivity index (χ2n) is 4.95. The number of rotatable bonds is 3. The minimum Gasteiger partial charge on any atom is -0.423 e. The number of hydrogen-bond donors (Lipinski definition) is 1. The number of thiophene rings is 1. The third kappa shape index (κ3) is 3.63. The molecule has 1 atom stereocenters. The zero-order valence-electron chi connectivity index (χ0n) is 10.1. The van der Waals surface area contributed by atoms with E-state index in [1.54, 1.807) is 11.3 Å². The van der Waals surface area contributed by atoms with Crippen LogP contribution in [0.5, 0.6) is 0 Å². The Balaban J connectivity index is 2.60. The van der Waals surface area contributed by atoms with Crippen molar-refractivity contribution >= 4 is 23.2 Å². The molecule has 0 spiro atoms. The number of aryl methyl sites for hydroxylation is 1. The molecule has 0 saturated heterocycles. The van der Waals surface area contributed by atoms with E-state index >= 15 is 0 Å². The minimum atomic E-state index is -0.794. The molecule has 4 heteroatoms. The lowest BCUT2D eigenvalue weighted by molar-refractivity contribution is 0.0861. The maximum atomic E-state index is 9.86. The second kappa shape index (κ2) is 4.68. The van der Waals surface area contributed by atoms with Crippen molar-refractivity contribution in [1.82, 2.24) is 0 Å². The van der Waals surface area contributed by atoms with Gasteiger partial charge in [0.2, 0.25) is 0 Å². The van der Waals surface area contributed by atoms with Gasteiger partial charge in [-0.1, -0.05) is 26.8 Å². The largest absolute Gasteiger partial charge is 0.501 e. The molecular weight excluding hydrogens is 207 g/mol. The normalized spacial score (nSPS) is 14.0. The van der Waals surface area contributed by atoms with Crippen LogP contribution in [0, 0.1) is 12.3 Å². The van der Waals surface area contributed by atoms with Gasteiger partial charge in [-0.25, -0.2) is 0 Å². The summed E-state index contributed by atoms with van der Waals surface area (Å²) in [6.07, 6.45) is 0.0231. The molecule has 0 aliphatic heterocycles. The first-order valence-electron chi connectivity index (χ1n) is 5.20. The minimum absolute atomic E-state index is 0.0231. The van der Waals surface area contributed by atoms with E-state index in [1.807, 2.05) is 26.0 Å². The molecule has 0 aromatic carbocycles. The van der Waals surface area contributed by atoms with Crippen molar-refractivity contribution in [3.8, 4) is 0 Å². The van der Waals surface area contributed by atoms with E-state index in [4.69, 9.17) is 4.65 Å². The van der Waals surface area contributed by atoms with Crippen molar-refractivity contribution in [3.63, 3.8) is 0 Å². The third-order valence-electron chi connectivity index (χ3n) is 2.56. The molecule has 15 heavy (non-hydrogen) atoms. The quantitative estimate of drug-likeness (QED) is 0.800. The van der Waals surface area contributed by atoms with Gasteiger partial charge in [0.05, 0.1) is 0 Å². The summed E-state index contributed by atoms with van der Waals surface area (Å²) >= 11 is 1.57. The molecule has 0 fully saturated rings. The van der Waals surface area contributed by atoms with Gasteiger partial charge in [0.25, 0.3) is 0 Å². The van der Waals surface area contributed by atoms with Crippen molar-refractivity contribution in [2.24, 2.45) is 5.41 Å². The number of hydrogen-bond acceptors (Lipinski definition) is 3. The summed E-state index contributed by atoms with van der Waals surface area (Å²) in [4.78, 5) is 1.19.